The van der Waals surface area contributed by atoms with E-state index in [0.29, 0.717) is 28.4 Å². The van der Waals surface area contributed by atoms with Crippen LogP contribution in [0.5, 0.6) is 5.75 Å². The van der Waals surface area contributed by atoms with Gasteiger partial charge in [0.2, 0.25) is 0 Å². The molecule has 0 amide bonds. The summed E-state index contributed by atoms with van der Waals surface area (Å²) in [4.78, 5) is 19.8. The molecule has 7 nitrogen and oxygen atoms in total. The lowest BCUT2D eigenvalue weighted by Gasteiger charge is -2.09. The summed E-state index contributed by atoms with van der Waals surface area (Å²) in [5.41, 5.74) is 2.37. The molecule has 146 valence electrons. The summed E-state index contributed by atoms with van der Waals surface area (Å²) in [6.07, 6.45) is 4.91. The van der Waals surface area contributed by atoms with Crippen LogP contribution in [0.15, 0.2) is 55.0 Å². The van der Waals surface area contributed by atoms with E-state index < -0.39 is 11.8 Å². The molecule has 0 saturated heterocycles. The summed E-state index contributed by atoms with van der Waals surface area (Å²) in [6.45, 7) is 0. The molecule has 4 rings (SSSR count). The van der Waals surface area contributed by atoms with Crippen LogP contribution < -0.4 is 10.1 Å². The predicted molar refractivity (Wildman–Crippen MR) is 107 cm³/mol. The molecule has 0 aliphatic carbocycles. The van der Waals surface area contributed by atoms with Crippen molar-refractivity contribution < 1.29 is 19.0 Å². The summed E-state index contributed by atoms with van der Waals surface area (Å²) in [5, 5.41) is 12.3. The number of rotatable bonds is 5. The van der Waals surface area contributed by atoms with Crippen molar-refractivity contribution in [1.82, 2.24) is 14.4 Å². The Morgan fingerprint density at radius 3 is 2.76 bits per heavy atom. The van der Waals surface area contributed by atoms with Crippen LogP contribution in [0.3, 0.4) is 0 Å². The highest BCUT2D eigenvalue weighted by Crippen LogP contribution is 2.29. The van der Waals surface area contributed by atoms with E-state index >= 15 is 0 Å². The lowest BCUT2D eigenvalue weighted by atomic mass is 10.1. The first-order valence-corrected chi connectivity index (χ1v) is 8.81. The van der Waals surface area contributed by atoms with Gasteiger partial charge in [0.25, 0.3) is 0 Å². The standard InChI is InChI=1S/C20H14ClFN4O3/c1-29-17-5-2-11(8-15(17)22)16-10-24-19-18(23-6-7-26(16)19)25-12-3-4-13(20(27)28)14(21)9-12/h2-10H,1H3,(H,23,25)(H,27,28). The number of fused-ring (bicyclic) bond motifs is 1. The molecule has 0 radical (unpaired) electrons. The third-order valence-electron chi connectivity index (χ3n) is 4.34. The quantitative estimate of drug-likeness (QED) is 0.496. The van der Waals surface area contributed by atoms with Crippen LogP contribution >= 0.6 is 11.6 Å². The van der Waals surface area contributed by atoms with Crippen molar-refractivity contribution in [3.05, 3.63) is 71.4 Å². The number of ether oxygens (including phenoxy) is 1. The number of nitrogens with zero attached hydrogens (tertiary/aromatic N) is 3. The molecule has 0 aliphatic heterocycles. The molecule has 2 aromatic carbocycles. The van der Waals surface area contributed by atoms with Gasteiger partial charge >= 0.3 is 5.97 Å². The van der Waals surface area contributed by atoms with E-state index in [-0.39, 0.29) is 16.3 Å². The number of carbonyl (C=O) groups is 1. The zero-order valence-corrected chi connectivity index (χ0v) is 15.8. The van der Waals surface area contributed by atoms with Gasteiger partial charge in [-0.1, -0.05) is 11.6 Å². The first-order chi connectivity index (χ1) is 14.0. The Kier molecular flexibility index (Phi) is 4.77. The second kappa shape index (κ2) is 7.40. The lowest BCUT2D eigenvalue weighted by molar-refractivity contribution is 0.0697. The summed E-state index contributed by atoms with van der Waals surface area (Å²) in [6, 6.07) is 9.16. The average molecular weight is 413 g/mol. The van der Waals surface area contributed by atoms with E-state index in [2.05, 4.69) is 15.3 Å². The first-order valence-electron chi connectivity index (χ1n) is 8.44. The molecule has 2 aromatic heterocycles. The fourth-order valence-corrected chi connectivity index (χ4v) is 3.21. The topological polar surface area (TPSA) is 88.8 Å². The Morgan fingerprint density at radius 2 is 2.07 bits per heavy atom. The number of carboxylic acids is 1. The number of imidazole rings is 1. The van der Waals surface area contributed by atoms with E-state index in [1.807, 2.05) is 0 Å². The SMILES string of the molecule is COc1ccc(-c2cnc3c(Nc4ccc(C(=O)O)c(Cl)c4)nccn23)cc1F. The Balaban J connectivity index is 1.72. The van der Waals surface area contributed by atoms with Crippen molar-refractivity contribution in [2.45, 2.75) is 0 Å². The molecule has 29 heavy (non-hydrogen) atoms. The predicted octanol–water partition coefficient (Wildman–Crippen LogP) is 4.64. The number of carboxylic acid groups (broad SMARTS) is 1. The van der Waals surface area contributed by atoms with E-state index in [9.17, 15) is 9.18 Å². The van der Waals surface area contributed by atoms with Crippen molar-refractivity contribution in [2.75, 3.05) is 12.4 Å². The van der Waals surface area contributed by atoms with Crippen LogP contribution in [0.2, 0.25) is 5.02 Å². The van der Waals surface area contributed by atoms with Gasteiger partial charge in [-0.2, -0.15) is 0 Å². The number of aromatic carboxylic acids is 1. The number of aromatic nitrogens is 3. The van der Waals surface area contributed by atoms with Crippen LogP contribution in [0.25, 0.3) is 16.9 Å². The van der Waals surface area contributed by atoms with Crippen LogP contribution in [-0.4, -0.2) is 32.6 Å². The molecule has 2 N–H and O–H groups in total. The van der Waals surface area contributed by atoms with Crippen molar-refractivity contribution in [3.63, 3.8) is 0 Å². The number of methoxy groups -OCH3 is 1. The van der Waals surface area contributed by atoms with Crippen LogP contribution in [0.4, 0.5) is 15.9 Å². The summed E-state index contributed by atoms with van der Waals surface area (Å²) >= 11 is 6.02. The maximum atomic E-state index is 14.1. The Morgan fingerprint density at radius 1 is 1.24 bits per heavy atom. The number of anilines is 2. The van der Waals surface area contributed by atoms with Crippen molar-refractivity contribution in [3.8, 4) is 17.0 Å². The number of halogens is 2. The highest BCUT2D eigenvalue weighted by molar-refractivity contribution is 6.33. The van der Waals surface area contributed by atoms with E-state index in [4.69, 9.17) is 21.4 Å². The molecule has 0 spiro atoms. The number of hydrogen-bond acceptors (Lipinski definition) is 5. The van der Waals surface area contributed by atoms with Gasteiger partial charge < -0.3 is 15.2 Å². The third kappa shape index (κ3) is 3.45. The van der Waals surface area contributed by atoms with Gasteiger partial charge in [0, 0.05) is 23.6 Å². The second-order valence-electron chi connectivity index (χ2n) is 6.09. The zero-order valence-electron chi connectivity index (χ0n) is 15.1. The smallest absolute Gasteiger partial charge is 0.337 e. The first kappa shape index (κ1) is 18.7. The summed E-state index contributed by atoms with van der Waals surface area (Å²) < 4.78 is 20.8. The summed E-state index contributed by atoms with van der Waals surface area (Å²) in [5.74, 6) is -0.980. The molecule has 2 heterocycles. The second-order valence-corrected chi connectivity index (χ2v) is 6.49. The Bertz CT molecular complexity index is 1240. The third-order valence-corrected chi connectivity index (χ3v) is 4.65. The number of hydrogen-bond donors (Lipinski definition) is 2. The fraction of sp³-hybridized carbons (Fsp3) is 0.0500. The van der Waals surface area contributed by atoms with Crippen LogP contribution in [0, 0.1) is 5.82 Å². The highest BCUT2D eigenvalue weighted by atomic mass is 35.5. The average Bonchev–Trinajstić information content (AvgIpc) is 3.13. The lowest BCUT2D eigenvalue weighted by Crippen LogP contribution is -2.01. The summed E-state index contributed by atoms with van der Waals surface area (Å²) in [7, 11) is 1.41. The molecule has 0 unspecified atom stereocenters. The van der Waals surface area contributed by atoms with Gasteiger partial charge in [-0.25, -0.2) is 19.2 Å². The minimum Gasteiger partial charge on any atom is -0.494 e. The normalized spacial score (nSPS) is 10.9. The molecule has 0 saturated carbocycles. The van der Waals surface area contributed by atoms with E-state index in [1.54, 1.807) is 41.2 Å². The molecule has 0 bridgehead atoms. The van der Waals surface area contributed by atoms with Gasteiger partial charge in [-0.15, -0.1) is 0 Å². The van der Waals surface area contributed by atoms with Gasteiger partial charge in [0.05, 0.1) is 29.6 Å². The molecule has 4 aromatic rings. The highest BCUT2D eigenvalue weighted by Gasteiger charge is 2.14. The van der Waals surface area contributed by atoms with Gasteiger partial charge in [0.15, 0.2) is 23.0 Å². The monoisotopic (exact) mass is 412 g/mol. The largest absolute Gasteiger partial charge is 0.494 e. The molecular formula is C20H14ClFN4O3. The Labute approximate surface area is 169 Å². The minimum absolute atomic E-state index is 0.00742. The molecule has 0 fully saturated rings. The Hall–Kier alpha value is -3.65. The van der Waals surface area contributed by atoms with Crippen molar-refractivity contribution >= 4 is 34.7 Å². The maximum Gasteiger partial charge on any atom is 0.337 e. The number of nitrogens with one attached hydrogen (secondary N) is 1. The number of benzene rings is 2. The molecule has 9 heteroatoms. The molecule has 0 aliphatic rings. The van der Waals surface area contributed by atoms with E-state index in [1.165, 1.54) is 25.3 Å². The zero-order chi connectivity index (χ0) is 20.5. The molecule has 0 atom stereocenters. The molecular weight excluding hydrogens is 399 g/mol. The van der Waals surface area contributed by atoms with Crippen molar-refractivity contribution in [1.29, 1.82) is 0 Å². The van der Waals surface area contributed by atoms with Gasteiger partial charge in [-0.3, -0.25) is 4.40 Å². The minimum atomic E-state index is -1.11. The van der Waals surface area contributed by atoms with Crippen LogP contribution in [-0.2, 0) is 0 Å². The van der Waals surface area contributed by atoms with Crippen molar-refractivity contribution in [2.24, 2.45) is 0 Å². The fourth-order valence-electron chi connectivity index (χ4n) is 2.95. The van der Waals surface area contributed by atoms with Gasteiger partial charge in [-0.05, 0) is 36.4 Å². The van der Waals surface area contributed by atoms with E-state index in [0.717, 1.165) is 0 Å². The van der Waals surface area contributed by atoms with Gasteiger partial charge in [0.1, 0.15) is 0 Å². The maximum absolute atomic E-state index is 14.1. The van der Waals surface area contributed by atoms with Crippen LogP contribution in [0.1, 0.15) is 10.4 Å².